The maximum Gasteiger partial charge on any atom is 0.417 e. The van der Waals surface area contributed by atoms with Gasteiger partial charge < -0.3 is 5.32 Å². The summed E-state index contributed by atoms with van der Waals surface area (Å²) in [4.78, 5) is 16.3. The van der Waals surface area contributed by atoms with Gasteiger partial charge in [0.05, 0.1) is 22.9 Å². The maximum atomic E-state index is 13.0. The molecule has 22 heavy (non-hydrogen) atoms. The van der Waals surface area contributed by atoms with Gasteiger partial charge in [0.1, 0.15) is 0 Å². The van der Waals surface area contributed by atoms with E-state index in [1.54, 1.807) is 24.4 Å². The van der Waals surface area contributed by atoms with E-state index in [0.29, 0.717) is 12.1 Å². The van der Waals surface area contributed by atoms with Crippen LogP contribution in [0.2, 0.25) is 0 Å². The molecule has 6 heteroatoms. The quantitative estimate of drug-likeness (QED) is 0.928. The summed E-state index contributed by atoms with van der Waals surface area (Å²) >= 11 is 0. The van der Waals surface area contributed by atoms with Gasteiger partial charge in [0.25, 0.3) is 5.91 Å². The number of hydrogen-bond donors (Lipinski definition) is 1. The predicted octanol–water partition coefficient (Wildman–Crippen LogP) is 3.98. The molecule has 2 aromatic rings. The topological polar surface area (TPSA) is 42.0 Å². The molecular formula is C16H15F3N2O. The number of pyridine rings is 1. The number of halogens is 3. The Morgan fingerprint density at radius 3 is 2.45 bits per heavy atom. The zero-order chi connectivity index (χ0) is 16.2. The molecule has 0 aliphatic heterocycles. The molecular weight excluding hydrogens is 293 g/mol. The minimum atomic E-state index is -4.57. The van der Waals surface area contributed by atoms with Gasteiger partial charge in [-0.05, 0) is 30.7 Å². The molecule has 1 unspecified atom stereocenters. The van der Waals surface area contributed by atoms with Crippen molar-refractivity contribution in [3.8, 4) is 0 Å². The highest BCUT2D eigenvalue weighted by atomic mass is 19.4. The molecule has 0 fully saturated rings. The zero-order valence-corrected chi connectivity index (χ0v) is 11.9. The van der Waals surface area contributed by atoms with Gasteiger partial charge in [-0.2, -0.15) is 13.2 Å². The molecule has 1 aromatic carbocycles. The number of hydrogen-bond acceptors (Lipinski definition) is 2. The van der Waals surface area contributed by atoms with Crippen LogP contribution in [0.1, 0.15) is 41.0 Å². The van der Waals surface area contributed by atoms with Crippen molar-refractivity contribution in [2.75, 3.05) is 0 Å². The van der Waals surface area contributed by atoms with Crippen LogP contribution in [-0.4, -0.2) is 10.9 Å². The lowest BCUT2D eigenvalue weighted by Gasteiger charge is -2.18. The SMILES string of the molecule is CCC(NC(=O)c1ccccc1C(F)(F)F)c1ccccn1. The van der Waals surface area contributed by atoms with E-state index in [0.717, 1.165) is 6.07 Å². The predicted molar refractivity (Wildman–Crippen MR) is 76.2 cm³/mol. The zero-order valence-electron chi connectivity index (χ0n) is 11.9. The summed E-state index contributed by atoms with van der Waals surface area (Å²) in [5.74, 6) is -0.759. The first-order chi connectivity index (χ1) is 10.4. The van der Waals surface area contributed by atoms with Gasteiger partial charge in [0.15, 0.2) is 0 Å². The van der Waals surface area contributed by atoms with E-state index in [2.05, 4.69) is 10.3 Å². The van der Waals surface area contributed by atoms with E-state index >= 15 is 0 Å². The molecule has 0 saturated carbocycles. The Morgan fingerprint density at radius 1 is 1.18 bits per heavy atom. The van der Waals surface area contributed by atoms with E-state index in [-0.39, 0.29) is 5.56 Å². The molecule has 0 aliphatic carbocycles. The Labute approximate surface area is 126 Å². The second-order valence-corrected chi connectivity index (χ2v) is 4.73. The number of nitrogens with zero attached hydrogens (tertiary/aromatic N) is 1. The number of amides is 1. The van der Waals surface area contributed by atoms with Gasteiger partial charge in [-0.15, -0.1) is 0 Å². The Hall–Kier alpha value is -2.37. The molecule has 3 nitrogen and oxygen atoms in total. The molecule has 1 heterocycles. The van der Waals surface area contributed by atoms with Crippen LogP contribution in [-0.2, 0) is 6.18 Å². The highest BCUT2D eigenvalue weighted by molar-refractivity contribution is 5.96. The van der Waals surface area contributed by atoms with Crippen LogP contribution in [0.15, 0.2) is 48.7 Å². The lowest BCUT2D eigenvalue weighted by atomic mass is 10.0. The van der Waals surface area contributed by atoms with Crippen LogP contribution >= 0.6 is 0 Å². The number of benzene rings is 1. The highest BCUT2D eigenvalue weighted by Crippen LogP contribution is 2.32. The van der Waals surface area contributed by atoms with Crippen LogP contribution in [0.3, 0.4) is 0 Å². The first-order valence-electron chi connectivity index (χ1n) is 6.81. The van der Waals surface area contributed by atoms with Crippen molar-refractivity contribution in [1.82, 2.24) is 10.3 Å². The second kappa shape index (κ2) is 6.60. The third kappa shape index (κ3) is 3.63. The number of nitrogens with one attached hydrogen (secondary N) is 1. The molecule has 0 aliphatic rings. The number of carbonyl (C=O) groups excluding carboxylic acids is 1. The molecule has 2 rings (SSSR count). The smallest absolute Gasteiger partial charge is 0.344 e. The average molecular weight is 308 g/mol. The van der Waals surface area contributed by atoms with Crippen molar-refractivity contribution in [2.24, 2.45) is 0 Å². The van der Waals surface area contributed by atoms with Gasteiger partial charge in [-0.3, -0.25) is 9.78 Å². The van der Waals surface area contributed by atoms with Crippen molar-refractivity contribution in [1.29, 1.82) is 0 Å². The van der Waals surface area contributed by atoms with E-state index in [1.165, 1.54) is 18.2 Å². The molecule has 0 radical (unpaired) electrons. The Balaban J connectivity index is 2.26. The van der Waals surface area contributed by atoms with Crippen molar-refractivity contribution < 1.29 is 18.0 Å². The second-order valence-electron chi connectivity index (χ2n) is 4.73. The lowest BCUT2D eigenvalue weighted by Crippen LogP contribution is -2.30. The standard InChI is InChI=1S/C16H15F3N2O/c1-2-13(14-9-5-6-10-20-14)21-15(22)11-7-3-4-8-12(11)16(17,18)19/h3-10,13H,2H2,1H3,(H,21,22). The first-order valence-corrected chi connectivity index (χ1v) is 6.81. The van der Waals surface area contributed by atoms with Crippen LogP contribution in [0.5, 0.6) is 0 Å². The van der Waals surface area contributed by atoms with Crippen LogP contribution in [0, 0.1) is 0 Å². The molecule has 0 bridgehead atoms. The Bertz CT molecular complexity index is 641. The van der Waals surface area contributed by atoms with Crippen LogP contribution in [0.25, 0.3) is 0 Å². The number of carbonyl (C=O) groups is 1. The van der Waals surface area contributed by atoms with E-state index < -0.39 is 23.7 Å². The normalized spacial score (nSPS) is 12.7. The van der Waals surface area contributed by atoms with Gasteiger partial charge in [0.2, 0.25) is 0 Å². The van der Waals surface area contributed by atoms with Gasteiger partial charge in [0, 0.05) is 6.20 Å². The highest BCUT2D eigenvalue weighted by Gasteiger charge is 2.35. The molecule has 116 valence electrons. The monoisotopic (exact) mass is 308 g/mol. The third-order valence-electron chi connectivity index (χ3n) is 3.24. The number of alkyl halides is 3. The summed E-state index contributed by atoms with van der Waals surface area (Å²) < 4.78 is 38.9. The van der Waals surface area contributed by atoms with Crippen molar-refractivity contribution in [3.05, 3.63) is 65.5 Å². The lowest BCUT2D eigenvalue weighted by molar-refractivity contribution is -0.137. The largest absolute Gasteiger partial charge is 0.417 e. The molecule has 1 atom stereocenters. The van der Waals surface area contributed by atoms with Gasteiger partial charge in [-0.25, -0.2) is 0 Å². The molecule has 1 aromatic heterocycles. The van der Waals surface area contributed by atoms with Crippen molar-refractivity contribution >= 4 is 5.91 Å². The molecule has 1 amide bonds. The minimum absolute atomic E-state index is 0.385. The average Bonchev–Trinajstić information content (AvgIpc) is 2.52. The number of rotatable bonds is 4. The van der Waals surface area contributed by atoms with E-state index in [9.17, 15) is 18.0 Å². The van der Waals surface area contributed by atoms with Crippen LogP contribution < -0.4 is 5.32 Å². The van der Waals surface area contributed by atoms with Crippen molar-refractivity contribution in [3.63, 3.8) is 0 Å². The summed E-state index contributed by atoms with van der Waals surface area (Å²) in [5, 5.41) is 2.61. The van der Waals surface area contributed by atoms with Gasteiger partial charge in [-0.1, -0.05) is 25.1 Å². The van der Waals surface area contributed by atoms with Gasteiger partial charge >= 0.3 is 6.18 Å². The molecule has 0 spiro atoms. The first kappa shape index (κ1) is 16.0. The maximum absolute atomic E-state index is 13.0. The van der Waals surface area contributed by atoms with Crippen molar-refractivity contribution in [2.45, 2.75) is 25.6 Å². The Kier molecular flexibility index (Phi) is 4.80. The third-order valence-corrected chi connectivity index (χ3v) is 3.24. The fraction of sp³-hybridized carbons (Fsp3) is 0.250. The summed E-state index contributed by atoms with van der Waals surface area (Å²) in [6.45, 7) is 1.83. The Morgan fingerprint density at radius 2 is 1.86 bits per heavy atom. The van der Waals surface area contributed by atoms with E-state index in [4.69, 9.17) is 0 Å². The number of aromatic nitrogens is 1. The fourth-order valence-electron chi connectivity index (χ4n) is 2.13. The fourth-order valence-corrected chi connectivity index (χ4v) is 2.13. The summed E-state index contributed by atoms with van der Waals surface area (Å²) in [6.07, 6.45) is -2.47. The summed E-state index contributed by atoms with van der Waals surface area (Å²) in [7, 11) is 0. The summed E-state index contributed by atoms with van der Waals surface area (Å²) in [6, 6.07) is 9.53. The molecule has 0 saturated heterocycles. The molecule has 1 N–H and O–H groups in total. The van der Waals surface area contributed by atoms with E-state index in [1.807, 2.05) is 6.92 Å². The summed E-state index contributed by atoms with van der Waals surface area (Å²) in [5.41, 5.74) is -0.712. The van der Waals surface area contributed by atoms with Crippen LogP contribution in [0.4, 0.5) is 13.2 Å². The minimum Gasteiger partial charge on any atom is -0.344 e.